The van der Waals surface area contributed by atoms with Crippen molar-refractivity contribution < 1.29 is 15.0 Å². The zero-order valence-electron chi connectivity index (χ0n) is 20.1. The molecule has 1 aliphatic carbocycles. The minimum Gasteiger partial charge on any atom is -0.480 e. The van der Waals surface area contributed by atoms with Gasteiger partial charge in [-0.05, 0) is 56.4 Å². The number of hydrogen-bond acceptors (Lipinski definition) is 5. The Morgan fingerprint density at radius 3 is 2.62 bits per heavy atom. The standard InChI is InChI=1S/C26H34N4O4/c1-16-11-20(15-29(3)25(16)32)24-28-21-10-9-19(13-27-23(17(2)31)26(33)34)12-22(21)30(24)14-18-7-5-4-6-8-18/h9-12,15,17-18,23,27,31H,4-8,13-14H2,1-3H3,(H,33,34)/t17-,23+/m1/s1. The number of aliphatic hydroxyl groups excluding tert-OH is 1. The van der Waals surface area contributed by atoms with E-state index in [1.807, 2.05) is 31.3 Å². The average molecular weight is 467 g/mol. The number of pyridine rings is 1. The summed E-state index contributed by atoms with van der Waals surface area (Å²) in [5.41, 5.74) is 4.36. The normalized spacial score (nSPS) is 16.6. The number of aliphatic carboxylic acids is 1. The zero-order valence-corrected chi connectivity index (χ0v) is 20.1. The lowest BCUT2D eigenvalue weighted by Gasteiger charge is -2.23. The van der Waals surface area contributed by atoms with E-state index >= 15 is 0 Å². The molecule has 2 aromatic heterocycles. The van der Waals surface area contributed by atoms with Gasteiger partial charge in [0.25, 0.3) is 5.56 Å². The maximum Gasteiger partial charge on any atom is 0.323 e. The maximum absolute atomic E-state index is 12.3. The van der Waals surface area contributed by atoms with Gasteiger partial charge >= 0.3 is 5.97 Å². The van der Waals surface area contributed by atoms with Crippen molar-refractivity contribution in [1.29, 1.82) is 0 Å². The molecule has 1 fully saturated rings. The molecule has 2 heterocycles. The first-order chi connectivity index (χ1) is 16.2. The molecule has 3 aromatic rings. The van der Waals surface area contributed by atoms with E-state index < -0.39 is 18.1 Å². The van der Waals surface area contributed by atoms with E-state index in [1.165, 1.54) is 39.0 Å². The van der Waals surface area contributed by atoms with Gasteiger partial charge in [0.05, 0.1) is 17.1 Å². The predicted octanol–water partition coefficient (Wildman–Crippen LogP) is 3.21. The molecule has 1 aromatic carbocycles. The first-order valence-electron chi connectivity index (χ1n) is 12.1. The fourth-order valence-corrected chi connectivity index (χ4v) is 5.00. The summed E-state index contributed by atoms with van der Waals surface area (Å²) < 4.78 is 3.86. The van der Waals surface area contributed by atoms with Crippen molar-refractivity contribution in [3.63, 3.8) is 0 Å². The van der Waals surface area contributed by atoms with E-state index in [-0.39, 0.29) is 5.56 Å². The van der Waals surface area contributed by atoms with Crippen molar-refractivity contribution >= 4 is 17.0 Å². The molecule has 0 spiro atoms. The molecular weight excluding hydrogens is 432 g/mol. The number of hydrogen-bond donors (Lipinski definition) is 3. The molecule has 2 atom stereocenters. The minimum absolute atomic E-state index is 0.0156. The van der Waals surface area contributed by atoms with Crippen LogP contribution in [0.2, 0.25) is 0 Å². The summed E-state index contributed by atoms with van der Waals surface area (Å²) in [5.74, 6) is 0.342. The van der Waals surface area contributed by atoms with Crippen molar-refractivity contribution in [1.82, 2.24) is 19.4 Å². The molecule has 0 amide bonds. The number of carbonyl (C=O) groups is 1. The van der Waals surface area contributed by atoms with Crippen molar-refractivity contribution in [2.75, 3.05) is 0 Å². The lowest BCUT2D eigenvalue weighted by Crippen LogP contribution is -2.44. The van der Waals surface area contributed by atoms with Crippen LogP contribution in [0.3, 0.4) is 0 Å². The number of aromatic nitrogens is 3. The van der Waals surface area contributed by atoms with Gasteiger partial charge < -0.3 is 19.3 Å². The van der Waals surface area contributed by atoms with Crippen LogP contribution in [0, 0.1) is 12.8 Å². The molecule has 4 rings (SSSR count). The molecule has 0 radical (unpaired) electrons. The van der Waals surface area contributed by atoms with E-state index in [0.29, 0.717) is 18.0 Å². The van der Waals surface area contributed by atoms with E-state index in [2.05, 4.69) is 16.0 Å². The van der Waals surface area contributed by atoms with Crippen LogP contribution in [0.25, 0.3) is 22.4 Å². The number of carboxylic acid groups (broad SMARTS) is 1. The molecule has 8 heteroatoms. The summed E-state index contributed by atoms with van der Waals surface area (Å²) in [6.45, 7) is 4.47. The zero-order chi connectivity index (χ0) is 24.4. The number of carboxylic acids is 1. The van der Waals surface area contributed by atoms with E-state index in [0.717, 1.165) is 34.5 Å². The highest BCUT2D eigenvalue weighted by Crippen LogP contribution is 2.31. The van der Waals surface area contributed by atoms with Gasteiger partial charge in [0.1, 0.15) is 11.9 Å². The maximum atomic E-state index is 12.3. The highest BCUT2D eigenvalue weighted by atomic mass is 16.4. The lowest BCUT2D eigenvalue weighted by molar-refractivity contribution is -0.142. The van der Waals surface area contributed by atoms with Crippen LogP contribution in [0.4, 0.5) is 0 Å². The van der Waals surface area contributed by atoms with Crippen LogP contribution >= 0.6 is 0 Å². The monoisotopic (exact) mass is 466 g/mol. The number of aryl methyl sites for hydroxylation is 2. The van der Waals surface area contributed by atoms with Gasteiger partial charge in [-0.15, -0.1) is 0 Å². The Labute approximate surface area is 199 Å². The van der Waals surface area contributed by atoms with Crippen LogP contribution in [0.5, 0.6) is 0 Å². The third kappa shape index (κ3) is 5.08. The number of imidazole rings is 1. The molecule has 3 N–H and O–H groups in total. The number of nitrogens with one attached hydrogen (secondary N) is 1. The number of nitrogens with zero attached hydrogens (tertiary/aromatic N) is 3. The van der Waals surface area contributed by atoms with Crippen LogP contribution < -0.4 is 10.9 Å². The Morgan fingerprint density at radius 1 is 1.24 bits per heavy atom. The summed E-state index contributed by atoms with van der Waals surface area (Å²) in [4.78, 5) is 28.6. The second-order valence-corrected chi connectivity index (χ2v) is 9.64. The molecule has 1 aliphatic rings. The number of benzene rings is 1. The highest BCUT2D eigenvalue weighted by Gasteiger charge is 2.23. The van der Waals surface area contributed by atoms with Gasteiger partial charge in [-0.3, -0.25) is 14.9 Å². The Bertz CT molecular complexity index is 1210. The van der Waals surface area contributed by atoms with Crippen LogP contribution in [-0.4, -0.2) is 42.4 Å². The van der Waals surface area contributed by atoms with E-state index in [4.69, 9.17) is 4.98 Å². The Kier molecular flexibility index (Phi) is 7.19. The topological polar surface area (TPSA) is 109 Å². The largest absolute Gasteiger partial charge is 0.480 e. The molecule has 0 unspecified atom stereocenters. The van der Waals surface area contributed by atoms with Gasteiger partial charge in [-0.25, -0.2) is 4.98 Å². The fraction of sp³-hybridized carbons (Fsp3) is 0.500. The SMILES string of the molecule is Cc1cc(-c2nc3ccc(CN[C@H](C(=O)O)[C@@H](C)O)cc3n2CC2CCCCC2)cn(C)c1=O. The molecular formula is C26H34N4O4. The molecule has 0 aliphatic heterocycles. The summed E-state index contributed by atoms with van der Waals surface area (Å²) in [7, 11) is 1.76. The molecule has 1 saturated carbocycles. The van der Waals surface area contributed by atoms with Crippen molar-refractivity contribution in [2.24, 2.45) is 13.0 Å². The number of aliphatic hydroxyl groups is 1. The molecule has 182 valence electrons. The van der Waals surface area contributed by atoms with Crippen molar-refractivity contribution in [2.45, 2.75) is 71.2 Å². The summed E-state index contributed by atoms with van der Waals surface area (Å²) in [6.07, 6.45) is 7.02. The van der Waals surface area contributed by atoms with Crippen LogP contribution in [-0.2, 0) is 24.9 Å². The Morgan fingerprint density at radius 2 is 1.97 bits per heavy atom. The molecule has 0 saturated heterocycles. The summed E-state index contributed by atoms with van der Waals surface area (Å²) in [5, 5.41) is 22.1. The fourth-order valence-electron chi connectivity index (χ4n) is 5.00. The smallest absolute Gasteiger partial charge is 0.323 e. The third-order valence-electron chi connectivity index (χ3n) is 6.87. The number of fused-ring (bicyclic) bond motifs is 1. The number of rotatable bonds is 8. The summed E-state index contributed by atoms with van der Waals surface area (Å²) >= 11 is 0. The molecule has 0 bridgehead atoms. The van der Waals surface area contributed by atoms with Crippen LogP contribution in [0.15, 0.2) is 35.3 Å². The second kappa shape index (κ2) is 10.1. The van der Waals surface area contributed by atoms with E-state index in [1.54, 1.807) is 11.6 Å². The van der Waals surface area contributed by atoms with Gasteiger partial charge in [0, 0.05) is 37.5 Å². The Hall–Kier alpha value is -2.97. The molecule has 34 heavy (non-hydrogen) atoms. The third-order valence-corrected chi connectivity index (χ3v) is 6.87. The van der Waals surface area contributed by atoms with Crippen LogP contribution in [0.1, 0.15) is 50.2 Å². The van der Waals surface area contributed by atoms with Crippen molar-refractivity contribution in [3.8, 4) is 11.4 Å². The minimum atomic E-state index is -1.08. The quantitative estimate of drug-likeness (QED) is 0.470. The predicted molar refractivity (Wildman–Crippen MR) is 132 cm³/mol. The van der Waals surface area contributed by atoms with E-state index in [9.17, 15) is 19.8 Å². The van der Waals surface area contributed by atoms with Gasteiger partial charge in [0.2, 0.25) is 0 Å². The van der Waals surface area contributed by atoms with Gasteiger partial charge in [-0.2, -0.15) is 0 Å². The summed E-state index contributed by atoms with van der Waals surface area (Å²) in [6, 6.07) is 6.82. The first kappa shape index (κ1) is 24.2. The van der Waals surface area contributed by atoms with Gasteiger partial charge in [-0.1, -0.05) is 25.3 Å². The Balaban J connectivity index is 1.75. The van der Waals surface area contributed by atoms with Gasteiger partial charge in [0.15, 0.2) is 0 Å². The molecule has 8 nitrogen and oxygen atoms in total. The second-order valence-electron chi connectivity index (χ2n) is 9.64. The lowest BCUT2D eigenvalue weighted by atomic mass is 9.89. The first-order valence-corrected chi connectivity index (χ1v) is 12.1. The van der Waals surface area contributed by atoms with Crippen molar-refractivity contribution in [3.05, 3.63) is 51.9 Å². The average Bonchev–Trinajstić information content (AvgIpc) is 3.15. The highest BCUT2D eigenvalue weighted by molar-refractivity contribution is 5.81.